The average molecular weight is 286 g/mol. The Labute approximate surface area is 123 Å². The summed E-state index contributed by atoms with van der Waals surface area (Å²) in [5.74, 6) is 0.516. The zero-order valence-corrected chi connectivity index (χ0v) is 12.6. The van der Waals surface area contributed by atoms with E-state index < -0.39 is 11.7 Å². The number of carbonyl (C=O) groups is 1. The molecule has 0 saturated carbocycles. The van der Waals surface area contributed by atoms with Crippen LogP contribution in [0.4, 0.5) is 10.6 Å². The summed E-state index contributed by atoms with van der Waals surface area (Å²) in [4.78, 5) is 25.6. The van der Waals surface area contributed by atoms with Crippen molar-refractivity contribution in [3.8, 4) is 11.3 Å². The van der Waals surface area contributed by atoms with E-state index in [9.17, 15) is 4.79 Å². The van der Waals surface area contributed by atoms with E-state index in [1.165, 1.54) is 11.2 Å². The highest BCUT2D eigenvalue weighted by molar-refractivity contribution is 5.86. The molecule has 1 amide bonds. The number of amides is 1. The normalized spacial score (nSPS) is 11.0. The number of rotatable bonds is 2. The van der Waals surface area contributed by atoms with Crippen molar-refractivity contribution in [3.63, 3.8) is 0 Å². The highest BCUT2D eigenvalue weighted by Gasteiger charge is 2.21. The van der Waals surface area contributed by atoms with Crippen LogP contribution < -0.4 is 4.90 Å². The number of hydrogen-bond donors (Lipinski definition) is 0. The Morgan fingerprint density at radius 3 is 2.48 bits per heavy atom. The molecule has 0 N–H and O–H groups in total. The summed E-state index contributed by atoms with van der Waals surface area (Å²) in [5.41, 5.74) is 1.11. The summed E-state index contributed by atoms with van der Waals surface area (Å²) in [5, 5.41) is 0. The SMILES string of the molecule is CN(C(=O)OC(C)(C)C)c1ccc(-c2ccncn2)cn1. The number of hydrogen-bond acceptors (Lipinski definition) is 5. The predicted octanol–water partition coefficient (Wildman–Crippen LogP) is 2.91. The Hall–Kier alpha value is -2.50. The van der Waals surface area contributed by atoms with Crippen molar-refractivity contribution in [3.05, 3.63) is 36.9 Å². The first-order valence-corrected chi connectivity index (χ1v) is 6.56. The van der Waals surface area contributed by atoms with E-state index in [0.29, 0.717) is 5.82 Å². The van der Waals surface area contributed by atoms with Gasteiger partial charge in [-0.1, -0.05) is 0 Å². The van der Waals surface area contributed by atoms with Gasteiger partial charge in [0.05, 0.1) is 5.69 Å². The average Bonchev–Trinajstić information content (AvgIpc) is 2.46. The number of nitrogens with zero attached hydrogens (tertiary/aromatic N) is 4. The van der Waals surface area contributed by atoms with Crippen molar-refractivity contribution in [2.75, 3.05) is 11.9 Å². The van der Waals surface area contributed by atoms with Crippen LogP contribution >= 0.6 is 0 Å². The third-order valence-corrected chi connectivity index (χ3v) is 2.64. The first-order chi connectivity index (χ1) is 9.87. The molecule has 0 fully saturated rings. The van der Waals surface area contributed by atoms with Crippen molar-refractivity contribution in [2.24, 2.45) is 0 Å². The fraction of sp³-hybridized carbons (Fsp3) is 0.333. The maximum absolute atomic E-state index is 12.0. The molecule has 0 spiro atoms. The Morgan fingerprint density at radius 2 is 1.95 bits per heavy atom. The first-order valence-electron chi connectivity index (χ1n) is 6.56. The fourth-order valence-electron chi connectivity index (χ4n) is 1.62. The minimum Gasteiger partial charge on any atom is -0.443 e. The summed E-state index contributed by atoms with van der Waals surface area (Å²) >= 11 is 0. The second kappa shape index (κ2) is 5.87. The monoisotopic (exact) mass is 286 g/mol. The second-order valence-corrected chi connectivity index (χ2v) is 5.54. The number of ether oxygens (including phenoxy) is 1. The van der Waals surface area contributed by atoms with Crippen molar-refractivity contribution < 1.29 is 9.53 Å². The molecule has 0 radical (unpaired) electrons. The molecule has 0 saturated heterocycles. The maximum Gasteiger partial charge on any atom is 0.415 e. The van der Waals surface area contributed by atoms with Crippen LogP contribution in [-0.2, 0) is 4.74 Å². The van der Waals surface area contributed by atoms with Gasteiger partial charge in [0, 0.05) is 25.0 Å². The molecule has 0 unspecified atom stereocenters. The largest absolute Gasteiger partial charge is 0.443 e. The van der Waals surface area contributed by atoms with Crippen LogP contribution in [0.1, 0.15) is 20.8 Å². The summed E-state index contributed by atoms with van der Waals surface area (Å²) in [6, 6.07) is 5.40. The minimum absolute atomic E-state index is 0.440. The molecule has 0 aliphatic rings. The van der Waals surface area contributed by atoms with Gasteiger partial charge in [0.1, 0.15) is 17.7 Å². The number of pyridine rings is 1. The molecule has 0 bridgehead atoms. The molecule has 0 aliphatic heterocycles. The second-order valence-electron chi connectivity index (χ2n) is 5.54. The lowest BCUT2D eigenvalue weighted by atomic mass is 10.2. The molecule has 0 aromatic carbocycles. The Bertz CT molecular complexity index is 606. The van der Waals surface area contributed by atoms with Crippen LogP contribution in [0.3, 0.4) is 0 Å². The lowest BCUT2D eigenvalue weighted by molar-refractivity contribution is 0.0588. The molecular formula is C15H18N4O2. The lowest BCUT2D eigenvalue weighted by Gasteiger charge is -2.24. The predicted molar refractivity (Wildman–Crippen MR) is 79.9 cm³/mol. The summed E-state index contributed by atoms with van der Waals surface area (Å²) in [6.45, 7) is 5.47. The minimum atomic E-state index is -0.535. The van der Waals surface area contributed by atoms with E-state index >= 15 is 0 Å². The Morgan fingerprint density at radius 1 is 1.19 bits per heavy atom. The van der Waals surface area contributed by atoms with Crippen LogP contribution in [0.5, 0.6) is 0 Å². The zero-order valence-electron chi connectivity index (χ0n) is 12.6. The maximum atomic E-state index is 12.0. The van der Waals surface area contributed by atoms with E-state index in [1.54, 1.807) is 31.6 Å². The van der Waals surface area contributed by atoms with Crippen LogP contribution in [0.15, 0.2) is 36.9 Å². The van der Waals surface area contributed by atoms with Crippen molar-refractivity contribution >= 4 is 11.9 Å². The standard InChI is InChI=1S/C15H18N4O2/c1-15(2,3)21-14(20)19(4)13-6-5-11(9-17-13)12-7-8-16-10-18-12/h5-10H,1-4H3. The van der Waals surface area contributed by atoms with Gasteiger partial charge in [-0.3, -0.25) is 4.90 Å². The van der Waals surface area contributed by atoms with Crippen LogP contribution in [0.25, 0.3) is 11.3 Å². The van der Waals surface area contributed by atoms with Gasteiger partial charge >= 0.3 is 6.09 Å². The molecule has 0 aliphatic carbocycles. The summed E-state index contributed by atoms with van der Waals surface area (Å²) in [6.07, 6.45) is 4.38. The highest BCUT2D eigenvalue weighted by atomic mass is 16.6. The number of carbonyl (C=O) groups excluding carboxylic acids is 1. The molecule has 6 nitrogen and oxygen atoms in total. The number of aromatic nitrogens is 3. The number of anilines is 1. The summed E-state index contributed by atoms with van der Waals surface area (Å²) < 4.78 is 5.30. The van der Waals surface area contributed by atoms with Gasteiger partial charge in [-0.15, -0.1) is 0 Å². The molecule has 2 rings (SSSR count). The fourth-order valence-corrected chi connectivity index (χ4v) is 1.62. The van der Waals surface area contributed by atoms with E-state index in [1.807, 2.05) is 26.8 Å². The Balaban J connectivity index is 2.14. The van der Waals surface area contributed by atoms with Crippen molar-refractivity contribution in [2.45, 2.75) is 26.4 Å². The molecule has 6 heteroatoms. The molecule has 0 atom stereocenters. The first kappa shape index (κ1) is 14.9. The van der Waals surface area contributed by atoms with Crippen LogP contribution in [0, 0.1) is 0 Å². The van der Waals surface area contributed by atoms with Gasteiger partial charge in [0.15, 0.2) is 0 Å². The quantitative estimate of drug-likeness (QED) is 0.849. The van der Waals surface area contributed by atoms with E-state index in [2.05, 4.69) is 15.0 Å². The van der Waals surface area contributed by atoms with Gasteiger partial charge in [-0.05, 0) is 39.0 Å². The molecule has 2 aromatic rings. The van der Waals surface area contributed by atoms with Gasteiger partial charge in [0.25, 0.3) is 0 Å². The lowest BCUT2D eigenvalue weighted by Crippen LogP contribution is -2.34. The van der Waals surface area contributed by atoms with Crippen molar-refractivity contribution in [1.29, 1.82) is 0 Å². The van der Waals surface area contributed by atoms with E-state index in [-0.39, 0.29) is 0 Å². The third kappa shape index (κ3) is 3.98. The van der Waals surface area contributed by atoms with Gasteiger partial charge in [0.2, 0.25) is 0 Å². The molecular weight excluding hydrogens is 268 g/mol. The molecule has 110 valence electrons. The van der Waals surface area contributed by atoms with Gasteiger partial charge < -0.3 is 4.74 Å². The molecule has 2 aromatic heterocycles. The third-order valence-electron chi connectivity index (χ3n) is 2.64. The molecule has 2 heterocycles. The van der Waals surface area contributed by atoms with Crippen molar-refractivity contribution in [1.82, 2.24) is 15.0 Å². The summed E-state index contributed by atoms with van der Waals surface area (Å²) in [7, 11) is 1.63. The van der Waals surface area contributed by atoms with Crippen LogP contribution in [0.2, 0.25) is 0 Å². The smallest absolute Gasteiger partial charge is 0.415 e. The topological polar surface area (TPSA) is 68.2 Å². The van der Waals surface area contributed by atoms with Gasteiger partial charge in [-0.25, -0.2) is 19.7 Å². The Kier molecular flexibility index (Phi) is 4.16. The van der Waals surface area contributed by atoms with Crippen LogP contribution in [-0.4, -0.2) is 33.7 Å². The van der Waals surface area contributed by atoms with Gasteiger partial charge in [-0.2, -0.15) is 0 Å². The zero-order chi connectivity index (χ0) is 15.5. The van der Waals surface area contributed by atoms with E-state index in [4.69, 9.17) is 4.74 Å². The molecule has 21 heavy (non-hydrogen) atoms. The highest BCUT2D eigenvalue weighted by Crippen LogP contribution is 2.19. The van der Waals surface area contributed by atoms with E-state index in [0.717, 1.165) is 11.3 Å².